The molecule has 7 heteroatoms. The number of carboxylic acid groups (broad SMARTS) is 1. The highest BCUT2D eigenvalue weighted by molar-refractivity contribution is 5.90. The smallest absolute Gasteiger partial charge is 0.338 e. The van der Waals surface area contributed by atoms with Crippen molar-refractivity contribution in [3.63, 3.8) is 0 Å². The van der Waals surface area contributed by atoms with Gasteiger partial charge in [-0.3, -0.25) is 10.1 Å². The van der Waals surface area contributed by atoms with Crippen LogP contribution < -0.4 is 5.32 Å². The zero-order valence-electron chi connectivity index (χ0n) is 11.5. The standard InChI is InChI=1S/C13H17FN2O4/c1-7(2)8(3)6-15-11-4-9(13(17)18)10(14)5-12(11)16(19)20/h4-5,7-8,15H,6H2,1-3H3,(H,17,18). The van der Waals surface area contributed by atoms with E-state index in [0.29, 0.717) is 18.5 Å². The number of nitrogens with one attached hydrogen (secondary N) is 1. The first-order chi connectivity index (χ1) is 9.23. The van der Waals surface area contributed by atoms with Gasteiger partial charge in [0.05, 0.1) is 16.6 Å². The molecular weight excluding hydrogens is 267 g/mol. The van der Waals surface area contributed by atoms with Crippen molar-refractivity contribution in [1.29, 1.82) is 0 Å². The molecule has 0 heterocycles. The predicted molar refractivity (Wildman–Crippen MR) is 72.5 cm³/mol. The number of aromatic carboxylic acids is 1. The van der Waals surface area contributed by atoms with E-state index in [1.54, 1.807) is 0 Å². The lowest BCUT2D eigenvalue weighted by Gasteiger charge is -2.17. The van der Waals surface area contributed by atoms with Crippen molar-refractivity contribution in [2.24, 2.45) is 11.8 Å². The third kappa shape index (κ3) is 3.66. The van der Waals surface area contributed by atoms with Gasteiger partial charge >= 0.3 is 5.97 Å². The number of carbonyl (C=O) groups is 1. The largest absolute Gasteiger partial charge is 0.478 e. The highest BCUT2D eigenvalue weighted by Crippen LogP contribution is 2.28. The van der Waals surface area contributed by atoms with Crippen LogP contribution in [0.5, 0.6) is 0 Å². The molecule has 0 saturated heterocycles. The summed E-state index contributed by atoms with van der Waals surface area (Å²) in [4.78, 5) is 21.0. The lowest BCUT2D eigenvalue weighted by atomic mass is 9.98. The van der Waals surface area contributed by atoms with Crippen molar-refractivity contribution in [1.82, 2.24) is 0 Å². The molecule has 0 amide bonds. The van der Waals surface area contributed by atoms with Gasteiger partial charge in [-0.05, 0) is 17.9 Å². The second-order valence-corrected chi connectivity index (χ2v) is 5.01. The molecule has 0 bridgehead atoms. The van der Waals surface area contributed by atoms with Crippen LogP contribution in [0.25, 0.3) is 0 Å². The number of nitrogens with zero attached hydrogens (tertiary/aromatic N) is 1. The first-order valence-corrected chi connectivity index (χ1v) is 6.19. The van der Waals surface area contributed by atoms with E-state index in [9.17, 15) is 19.3 Å². The number of halogens is 1. The van der Waals surface area contributed by atoms with E-state index in [4.69, 9.17) is 5.11 Å². The molecule has 0 radical (unpaired) electrons. The average molecular weight is 284 g/mol. The van der Waals surface area contributed by atoms with Crippen molar-refractivity contribution in [3.8, 4) is 0 Å². The van der Waals surface area contributed by atoms with Gasteiger partial charge < -0.3 is 10.4 Å². The molecule has 0 spiro atoms. The van der Waals surface area contributed by atoms with Gasteiger partial charge in [-0.25, -0.2) is 9.18 Å². The second-order valence-electron chi connectivity index (χ2n) is 5.01. The molecule has 0 fully saturated rings. The molecule has 1 unspecified atom stereocenters. The van der Waals surface area contributed by atoms with Crippen LogP contribution in [-0.2, 0) is 0 Å². The van der Waals surface area contributed by atoms with E-state index >= 15 is 0 Å². The minimum atomic E-state index is -1.46. The Bertz CT molecular complexity index is 531. The maximum absolute atomic E-state index is 13.5. The number of hydrogen-bond acceptors (Lipinski definition) is 4. The molecule has 0 aliphatic carbocycles. The number of benzene rings is 1. The molecule has 20 heavy (non-hydrogen) atoms. The lowest BCUT2D eigenvalue weighted by molar-refractivity contribution is -0.384. The Labute approximate surface area is 115 Å². The molecule has 1 aromatic carbocycles. The predicted octanol–water partition coefficient (Wildman–Crippen LogP) is 3.14. The third-order valence-corrected chi connectivity index (χ3v) is 3.27. The van der Waals surface area contributed by atoms with E-state index in [2.05, 4.69) is 5.32 Å². The summed E-state index contributed by atoms with van der Waals surface area (Å²) in [6.45, 7) is 6.41. The zero-order chi connectivity index (χ0) is 15.4. The molecule has 0 saturated carbocycles. The van der Waals surface area contributed by atoms with Crippen molar-refractivity contribution in [3.05, 3.63) is 33.6 Å². The van der Waals surface area contributed by atoms with Gasteiger partial charge in [-0.1, -0.05) is 20.8 Å². The number of nitro groups is 1. The Morgan fingerprint density at radius 2 is 2.05 bits per heavy atom. The van der Waals surface area contributed by atoms with Crippen LogP contribution in [-0.4, -0.2) is 22.5 Å². The number of rotatable bonds is 6. The van der Waals surface area contributed by atoms with E-state index < -0.39 is 28.0 Å². The highest BCUT2D eigenvalue weighted by Gasteiger charge is 2.22. The quantitative estimate of drug-likeness (QED) is 0.618. The number of carboxylic acids is 1. The number of nitro benzene ring substituents is 1. The molecule has 0 aromatic heterocycles. The third-order valence-electron chi connectivity index (χ3n) is 3.27. The summed E-state index contributed by atoms with van der Waals surface area (Å²) < 4.78 is 13.5. The van der Waals surface area contributed by atoms with Crippen LogP contribution in [0.1, 0.15) is 31.1 Å². The summed E-state index contributed by atoms with van der Waals surface area (Å²) in [6, 6.07) is 1.59. The summed E-state index contributed by atoms with van der Waals surface area (Å²) >= 11 is 0. The number of hydrogen-bond donors (Lipinski definition) is 2. The number of anilines is 1. The monoisotopic (exact) mass is 284 g/mol. The average Bonchev–Trinajstić information content (AvgIpc) is 2.35. The van der Waals surface area contributed by atoms with E-state index in [1.807, 2.05) is 20.8 Å². The van der Waals surface area contributed by atoms with E-state index in [-0.39, 0.29) is 11.6 Å². The molecular formula is C13H17FN2O4. The molecule has 1 aromatic rings. The molecule has 6 nitrogen and oxygen atoms in total. The van der Waals surface area contributed by atoms with Crippen molar-refractivity contribution in [2.45, 2.75) is 20.8 Å². The van der Waals surface area contributed by atoms with Crippen molar-refractivity contribution in [2.75, 3.05) is 11.9 Å². The molecule has 110 valence electrons. The molecule has 1 atom stereocenters. The topological polar surface area (TPSA) is 92.5 Å². The fourth-order valence-corrected chi connectivity index (χ4v) is 1.53. The fourth-order valence-electron chi connectivity index (χ4n) is 1.53. The van der Waals surface area contributed by atoms with E-state index in [1.165, 1.54) is 0 Å². The molecule has 0 aliphatic heterocycles. The lowest BCUT2D eigenvalue weighted by Crippen LogP contribution is -2.17. The Hall–Kier alpha value is -2.18. The first-order valence-electron chi connectivity index (χ1n) is 6.19. The Balaban J connectivity index is 3.11. The normalized spacial score (nSPS) is 12.2. The summed E-state index contributed by atoms with van der Waals surface area (Å²) in [7, 11) is 0. The highest BCUT2D eigenvalue weighted by atomic mass is 19.1. The van der Waals surface area contributed by atoms with E-state index in [0.717, 1.165) is 6.07 Å². The maximum atomic E-state index is 13.5. The van der Waals surface area contributed by atoms with Gasteiger partial charge in [0.25, 0.3) is 5.69 Å². The van der Waals surface area contributed by atoms with Gasteiger partial charge in [0, 0.05) is 6.54 Å². The fraction of sp³-hybridized carbons (Fsp3) is 0.462. The van der Waals surface area contributed by atoms with Gasteiger partial charge in [-0.15, -0.1) is 0 Å². The Kier molecular flexibility index (Phi) is 5.01. The van der Waals surface area contributed by atoms with Gasteiger partial charge in [0.15, 0.2) is 0 Å². The minimum absolute atomic E-state index is 0.0151. The van der Waals surface area contributed by atoms with Crippen LogP contribution in [0.4, 0.5) is 15.8 Å². The van der Waals surface area contributed by atoms with Gasteiger partial charge in [0.1, 0.15) is 11.5 Å². The maximum Gasteiger partial charge on any atom is 0.338 e. The summed E-state index contributed by atoms with van der Waals surface area (Å²) in [6.07, 6.45) is 0. The van der Waals surface area contributed by atoms with Crippen molar-refractivity contribution >= 4 is 17.3 Å². The summed E-state index contributed by atoms with van der Waals surface area (Å²) in [5.41, 5.74) is -1.04. The van der Waals surface area contributed by atoms with Crippen LogP contribution in [0.3, 0.4) is 0 Å². The molecule has 1 rings (SSSR count). The first kappa shape index (κ1) is 15.9. The van der Waals surface area contributed by atoms with Crippen LogP contribution in [0.15, 0.2) is 12.1 Å². The minimum Gasteiger partial charge on any atom is -0.478 e. The molecule has 2 N–H and O–H groups in total. The van der Waals surface area contributed by atoms with Gasteiger partial charge in [-0.2, -0.15) is 0 Å². The Morgan fingerprint density at radius 1 is 1.45 bits per heavy atom. The summed E-state index contributed by atoms with van der Waals surface area (Å²) in [5, 5.41) is 22.6. The second kappa shape index (κ2) is 6.31. The van der Waals surface area contributed by atoms with Crippen molar-refractivity contribution < 1.29 is 19.2 Å². The van der Waals surface area contributed by atoms with Gasteiger partial charge in [0.2, 0.25) is 0 Å². The zero-order valence-corrected chi connectivity index (χ0v) is 11.5. The van der Waals surface area contributed by atoms with Crippen LogP contribution in [0.2, 0.25) is 0 Å². The van der Waals surface area contributed by atoms with Crippen LogP contribution >= 0.6 is 0 Å². The SMILES string of the molecule is CC(C)C(C)CNc1cc(C(=O)O)c(F)cc1[N+](=O)[O-]. The summed E-state index contributed by atoms with van der Waals surface area (Å²) in [5.74, 6) is -1.99. The van der Waals surface area contributed by atoms with Crippen LogP contribution in [0, 0.1) is 27.8 Å². The molecule has 0 aliphatic rings. The Morgan fingerprint density at radius 3 is 2.50 bits per heavy atom.